The molecule has 0 spiro atoms. The summed E-state index contributed by atoms with van der Waals surface area (Å²) in [5.74, 6) is 2.41. The third kappa shape index (κ3) is 2.36. The molecule has 1 fully saturated rings. The molecular weight excluding hydrogens is 300 g/mol. The zero-order valence-electron chi connectivity index (χ0n) is 9.50. The molecule has 0 N–H and O–H groups in total. The first-order chi connectivity index (χ1) is 8.28. The Morgan fingerprint density at radius 1 is 1.41 bits per heavy atom. The molecule has 1 aromatic carbocycles. The Labute approximate surface area is 114 Å². The van der Waals surface area contributed by atoms with E-state index in [9.17, 15) is 0 Å². The Morgan fingerprint density at radius 3 is 2.94 bits per heavy atom. The van der Waals surface area contributed by atoms with E-state index in [0.717, 1.165) is 28.3 Å². The number of nitrogens with zero attached hydrogens (tertiary/aromatic N) is 2. The molecule has 0 amide bonds. The summed E-state index contributed by atoms with van der Waals surface area (Å²) in [5, 5.41) is 0. The quantitative estimate of drug-likeness (QED) is 0.768. The van der Waals surface area contributed by atoms with E-state index in [0.29, 0.717) is 5.88 Å². The normalized spacial score (nSPS) is 15.6. The molecule has 90 valence electrons. The number of aromatic nitrogens is 2. The van der Waals surface area contributed by atoms with Crippen molar-refractivity contribution in [2.45, 2.75) is 31.7 Å². The van der Waals surface area contributed by atoms with Crippen molar-refractivity contribution < 1.29 is 0 Å². The highest BCUT2D eigenvalue weighted by Gasteiger charge is 2.21. The highest BCUT2D eigenvalue weighted by Crippen LogP contribution is 2.33. The van der Waals surface area contributed by atoms with Crippen molar-refractivity contribution in [3.63, 3.8) is 0 Å². The zero-order chi connectivity index (χ0) is 11.8. The van der Waals surface area contributed by atoms with Crippen molar-refractivity contribution in [3.8, 4) is 0 Å². The van der Waals surface area contributed by atoms with Gasteiger partial charge in [0.1, 0.15) is 5.82 Å². The number of hydrogen-bond acceptors (Lipinski definition) is 1. The number of fused-ring (bicyclic) bond motifs is 1. The van der Waals surface area contributed by atoms with Gasteiger partial charge in [-0.15, -0.1) is 11.6 Å². The van der Waals surface area contributed by atoms with Crippen LogP contribution in [0.25, 0.3) is 11.0 Å². The topological polar surface area (TPSA) is 17.8 Å². The van der Waals surface area contributed by atoms with Crippen LogP contribution in [0.5, 0.6) is 0 Å². The minimum Gasteiger partial charge on any atom is -0.327 e. The van der Waals surface area contributed by atoms with Gasteiger partial charge in [0.15, 0.2) is 0 Å². The summed E-state index contributed by atoms with van der Waals surface area (Å²) in [6, 6.07) is 6.24. The first-order valence-electron chi connectivity index (χ1n) is 5.98. The summed E-state index contributed by atoms with van der Waals surface area (Å²) in [4.78, 5) is 4.59. The van der Waals surface area contributed by atoms with E-state index in [1.165, 1.54) is 24.8 Å². The maximum Gasteiger partial charge on any atom is 0.124 e. The molecule has 1 heterocycles. The van der Waals surface area contributed by atoms with Crippen molar-refractivity contribution >= 4 is 38.6 Å². The van der Waals surface area contributed by atoms with Crippen molar-refractivity contribution in [1.82, 2.24) is 9.55 Å². The molecule has 0 saturated heterocycles. The van der Waals surface area contributed by atoms with E-state index in [4.69, 9.17) is 11.6 Å². The molecule has 1 aliphatic carbocycles. The minimum absolute atomic E-state index is 0.483. The summed E-state index contributed by atoms with van der Waals surface area (Å²) in [6.45, 7) is 1.05. The van der Waals surface area contributed by atoms with Gasteiger partial charge in [0.2, 0.25) is 0 Å². The average molecular weight is 314 g/mol. The first kappa shape index (κ1) is 11.5. The number of rotatable bonds is 4. The molecule has 2 nitrogen and oxygen atoms in total. The van der Waals surface area contributed by atoms with Crippen LogP contribution in [0.2, 0.25) is 0 Å². The highest BCUT2D eigenvalue weighted by molar-refractivity contribution is 9.10. The molecule has 1 aliphatic rings. The lowest BCUT2D eigenvalue weighted by Crippen LogP contribution is -2.03. The fraction of sp³-hybridized carbons (Fsp3) is 0.462. The second-order valence-corrected chi connectivity index (χ2v) is 5.86. The molecule has 1 saturated carbocycles. The van der Waals surface area contributed by atoms with Crippen LogP contribution in [0.15, 0.2) is 22.7 Å². The molecule has 17 heavy (non-hydrogen) atoms. The van der Waals surface area contributed by atoms with E-state index in [1.54, 1.807) is 0 Å². The number of aryl methyl sites for hydroxylation is 1. The van der Waals surface area contributed by atoms with Crippen LogP contribution in [0.4, 0.5) is 0 Å². The predicted molar refractivity (Wildman–Crippen MR) is 74.3 cm³/mol. The summed E-state index contributed by atoms with van der Waals surface area (Å²) < 4.78 is 3.34. The fourth-order valence-corrected chi connectivity index (χ4v) is 2.78. The van der Waals surface area contributed by atoms with Gasteiger partial charge in [0, 0.05) is 11.0 Å². The fourth-order valence-electron chi connectivity index (χ4n) is 2.22. The van der Waals surface area contributed by atoms with Gasteiger partial charge in [0.05, 0.1) is 16.9 Å². The third-order valence-electron chi connectivity index (χ3n) is 3.37. The maximum atomic E-state index is 5.98. The van der Waals surface area contributed by atoms with Gasteiger partial charge < -0.3 is 4.57 Å². The van der Waals surface area contributed by atoms with E-state index in [1.807, 2.05) is 0 Å². The minimum atomic E-state index is 0.483. The Hall–Kier alpha value is -0.540. The van der Waals surface area contributed by atoms with Crippen LogP contribution in [0.3, 0.4) is 0 Å². The van der Waals surface area contributed by atoms with E-state index in [-0.39, 0.29) is 0 Å². The largest absolute Gasteiger partial charge is 0.327 e. The Morgan fingerprint density at radius 2 is 2.24 bits per heavy atom. The third-order valence-corrected chi connectivity index (χ3v) is 4.10. The van der Waals surface area contributed by atoms with E-state index < -0.39 is 0 Å². The van der Waals surface area contributed by atoms with Crippen molar-refractivity contribution in [2.75, 3.05) is 0 Å². The lowest BCUT2D eigenvalue weighted by Gasteiger charge is -2.06. The number of hydrogen-bond donors (Lipinski definition) is 0. The van der Waals surface area contributed by atoms with E-state index >= 15 is 0 Å². The van der Waals surface area contributed by atoms with Gasteiger partial charge in [-0.05, 0) is 30.5 Å². The van der Waals surface area contributed by atoms with Crippen LogP contribution in [0, 0.1) is 5.92 Å². The Balaban J connectivity index is 1.99. The number of benzene rings is 1. The van der Waals surface area contributed by atoms with Gasteiger partial charge in [-0.3, -0.25) is 0 Å². The molecular formula is C13H14BrClN2. The Kier molecular flexibility index (Phi) is 3.14. The van der Waals surface area contributed by atoms with Gasteiger partial charge in [-0.2, -0.15) is 0 Å². The highest BCUT2D eigenvalue weighted by atomic mass is 79.9. The van der Waals surface area contributed by atoms with Gasteiger partial charge in [-0.1, -0.05) is 28.8 Å². The lowest BCUT2D eigenvalue weighted by molar-refractivity contribution is 0.594. The second-order valence-electron chi connectivity index (χ2n) is 4.68. The van der Waals surface area contributed by atoms with E-state index in [2.05, 4.69) is 43.7 Å². The number of halogens is 2. The van der Waals surface area contributed by atoms with Crippen LogP contribution < -0.4 is 0 Å². The van der Waals surface area contributed by atoms with Crippen molar-refractivity contribution in [2.24, 2.45) is 5.92 Å². The van der Waals surface area contributed by atoms with Gasteiger partial charge in [-0.25, -0.2) is 4.98 Å². The van der Waals surface area contributed by atoms with Gasteiger partial charge >= 0.3 is 0 Å². The molecule has 3 rings (SSSR count). The molecule has 0 unspecified atom stereocenters. The Bertz CT molecular complexity index is 546. The van der Waals surface area contributed by atoms with Gasteiger partial charge in [0.25, 0.3) is 0 Å². The summed E-state index contributed by atoms with van der Waals surface area (Å²) in [6.07, 6.45) is 4.05. The average Bonchev–Trinajstić information content (AvgIpc) is 3.08. The second kappa shape index (κ2) is 4.62. The predicted octanol–water partition coefficient (Wildman–Crippen LogP) is 4.34. The van der Waals surface area contributed by atoms with Crippen molar-refractivity contribution in [1.29, 1.82) is 0 Å². The number of alkyl halides is 1. The first-order valence-corrected chi connectivity index (χ1v) is 7.31. The van der Waals surface area contributed by atoms with Crippen molar-refractivity contribution in [3.05, 3.63) is 28.5 Å². The monoisotopic (exact) mass is 312 g/mol. The molecule has 0 atom stereocenters. The smallest absolute Gasteiger partial charge is 0.124 e. The standard InChI is InChI=1S/C13H14BrClN2/c14-10-3-4-12-11(7-10)16-13(8-15)17(12)6-5-9-1-2-9/h3-4,7,9H,1-2,5-6,8H2. The molecule has 0 aliphatic heterocycles. The SMILES string of the molecule is ClCc1nc2cc(Br)ccc2n1CCC1CC1. The molecule has 4 heteroatoms. The summed E-state index contributed by atoms with van der Waals surface area (Å²) >= 11 is 9.46. The molecule has 2 aromatic rings. The molecule has 0 radical (unpaired) electrons. The van der Waals surface area contributed by atoms with Crippen LogP contribution in [0.1, 0.15) is 25.1 Å². The lowest BCUT2D eigenvalue weighted by atomic mass is 10.2. The zero-order valence-corrected chi connectivity index (χ0v) is 11.8. The molecule has 0 bridgehead atoms. The van der Waals surface area contributed by atoms with Crippen LogP contribution in [-0.2, 0) is 12.4 Å². The van der Waals surface area contributed by atoms with Crippen LogP contribution >= 0.6 is 27.5 Å². The maximum absolute atomic E-state index is 5.98. The molecule has 1 aromatic heterocycles. The number of imidazole rings is 1. The summed E-state index contributed by atoms with van der Waals surface area (Å²) in [5.41, 5.74) is 2.23. The van der Waals surface area contributed by atoms with Crippen LogP contribution in [-0.4, -0.2) is 9.55 Å². The summed E-state index contributed by atoms with van der Waals surface area (Å²) in [7, 11) is 0.